The molecule has 180 valence electrons. The Morgan fingerprint density at radius 1 is 0.848 bits per heavy atom. The van der Waals surface area contributed by atoms with Crippen molar-refractivity contribution in [3.05, 3.63) is 60.2 Å². The van der Waals surface area contributed by atoms with Gasteiger partial charge in [0.2, 0.25) is 0 Å². The number of aliphatic hydroxyl groups is 1. The van der Waals surface area contributed by atoms with E-state index in [1.165, 1.54) is 68.3 Å². The summed E-state index contributed by atoms with van der Waals surface area (Å²) in [7, 11) is 1.00. The fraction of sp³-hybridized carbons (Fsp3) is 0.536. The van der Waals surface area contributed by atoms with Crippen molar-refractivity contribution in [2.24, 2.45) is 0 Å². The molecular weight excluding hydrogens is 410 g/mol. The molecule has 2 aliphatic heterocycles. The van der Waals surface area contributed by atoms with Crippen molar-refractivity contribution in [1.29, 1.82) is 0 Å². The summed E-state index contributed by atoms with van der Waals surface area (Å²) in [4.78, 5) is 16.9. The summed E-state index contributed by atoms with van der Waals surface area (Å²) in [5.74, 6) is 0. The zero-order valence-electron chi connectivity index (χ0n) is 20.4. The number of amides is 2. The number of benzene rings is 2. The molecular formula is C28H41N3O2. The predicted octanol–water partition coefficient (Wildman–Crippen LogP) is 5.08. The van der Waals surface area contributed by atoms with E-state index in [4.69, 9.17) is 5.11 Å². The second-order valence-corrected chi connectivity index (χ2v) is 9.24. The van der Waals surface area contributed by atoms with Gasteiger partial charge in [-0.15, -0.1) is 0 Å². The molecule has 5 heteroatoms. The highest BCUT2D eigenvalue weighted by Gasteiger charge is 2.32. The van der Waals surface area contributed by atoms with Crippen LogP contribution in [0.25, 0.3) is 11.1 Å². The minimum Gasteiger partial charge on any atom is -0.400 e. The predicted molar refractivity (Wildman–Crippen MR) is 136 cm³/mol. The molecule has 3 fully saturated rings. The van der Waals surface area contributed by atoms with E-state index in [1.54, 1.807) is 0 Å². The van der Waals surface area contributed by atoms with E-state index in [0.29, 0.717) is 12.1 Å². The molecule has 33 heavy (non-hydrogen) atoms. The maximum atomic E-state index is 12.3. The van der Waals surface area contributed by atoms with E-state index < -0.39 is 0 Å². The van der Waals surface area contributed by atoms with Crippen molar-refractivity contribution in [1.82, 2.24) is 15.1 Å². The second kappa shape index (κ2) is 13.4. The van der Waals surface area contributed by atoms with Gasteiger partial charge in [0.15, 0.2) is 0 Å². The molecule has 0 spiro atoms. The first-order valence-electron chi connectivity index (χ1n) is 12.6. The van der Waals surface area contributed by atoms with Crippen LogP contribution in [0.3, 0.4) is 0 Å². The number of fused-ring (bicyclic) bond motifs is 1. The fourth-order valence-corrected chi connectivity index (χ4v) is 4.99. The number of hydrogen-bond acceptors (Lipinski definition) is 3. The maximum absolute atomic E-state index is 12.3. The van der Waals surface area contributed by atoms with Gasteiger partial charge < -0.3 is 15.3 Å². The van der Waals surface area contributed by atoms with Crippen LogP contribution in [0.1, 0.15) is 50.5 Å². The van der Waals surface area contributed by atoms with Crippen LogP contribution in [-0.4, -0.2) is 66.3 Å². The average Bonchev–Trinajstić information content (AvgIpc) is 3.34. The standard InChI is InChI=1S/C14H25N3O.C13H12.CH4O/c18-14(15-12-5-1-2-6-12)17-9-4-3-8-16-10-7-13(16)11-17;1-11-7-5-6-10-13(11)12-8-3-2-4-9-12;1-2/h12-13H,1-11H2,(H,15,18);2-10H,1H3;2H,1H3. The third-order valence-electron chi connectivity index (χ3n) is 7.02. The number of urea groups is 1. The minimum absolute atomic E-state index is 0.190. The summed E-state index contributed by atoms with van der Waals surface area (Å²) in [6, 6.07) is 20.2. The van der Waals surface area contributed by atoms with Crippen LogP contribution in [0, 0.1) is 6.92 Å². The summed E-state index contributed by atoms with van der Waals surface area (Å²) in [5, 5.41) is 10.2. The van der Waals surface area contributed by atoms with E-state index in [1.807, 2.05) is 6.07 Å². The summed E-state index contributed by atoms with van der Waals surface area (Å²) in [6.45, 7) is 6.51. The Labute approximate surface area is 199 Å². The Morgan fingerprint density at radius 2 is 1.52 bits per heavy atom. The number of rotatable bonds is 2. The third kappa shape index (κ3) is 7.31. The van der Waals surface area contributed by atoms with E-state index >= 15 is 0 Å². The highest BCUT2D eigenvalue weighted by molar-refractivity contribution is 5.74. The van der Waals surface area contributed by atoms with Gasteiger partial charge in [-0.25, -0.2) is 4.79 Å². The van der Waals surface area contributed by atoms with Crippen LogP contribution in [0.2, 0.25) is 0 Å². The Bertz CT molecular complexity index is 836. The minimum atomic E-state index is 0.190. The van der Waals surface area contributed by atoms with Crippen molar-refractivity contribution in [3.63, 3.8) is 0 Å². The maximum Gasteiger partial charge on any atom is 0.317 e. The molecule has 2 amide bonds. The molecule has 2 N–H and O–H groups in total. The molecule has 2 heterocycles. The lowest BCUT2D eigenvalue weighted by Gasteiger charge is -2.45. The molecule has 1 atom stereocenters. The van der Waals surface area contributed by atoms with E-state index in [2.05, 4.69) is 70.6 Å². The molecule has 2 aromatic rings. The lowest BCUT2D eigenvalue weighted by molar-refractivity contribution is 0.0499. The summed E-state index contributed by atoms with van der Waals surface area (Å²) in [5.41, 5.74) is 3.94. The van der Waals surface area contributed by atoms with Gasteiger partial charge in [-0.05, 0) is 62.3 Å². The van der Waals surface area contributed by atoms with E-state index in [-0.39, 0.29) is 6.03 Å². The third-order valence-corrected chi connectivity index (χ3v) is 7.02. The van der Waals surface area contributed by atoms with Crippen molar-refractivity contribution >= 4 is 6.03 Å². The number of hydrogen-bond donors (Lipinski definition) is 2. The van der Waals surface area contributed by atoms with Gasteiger partial charge in [0.25, 0.3) is 0 Å². The molecule has 3 aliphatic rings. The van der Waals surface area contributed by atoms with Gasteiger partial charge in [-0.1, -0.05) is 67.4 Å². The van der Waals surface area contributed by atoms with Gasteiger partial charge in [0, 0.05) is 38.8 Å². The zero-order chi connectivity index (χ0) is 23.5. The number of carbonyl (C=O) groups is 1. The second-order valence-electron chi connectivity index (χ2n) is 9.24. The average molecular weight is 452 g/mol. The van der Waals surface area contributed by atoms with Gasteiger partial charge in [-0.3, -0.25) is 4.90 Å². The Kier molecular flexibility index (Phi) is 10.2. The molecule has 0 radical (unpaired) electrons. The molecule has 5 rings (SSSR count). The molecule has 2 aromatic carbocycles. The van der Waals surface area contributed by atoms with Crippen LogP contribution in [0.15, 0.2) is 54.6 Å². The smallest absolute Gasteiger partial charge is 0.317 e. The lowest BCUT2D eigenvalue weighted by Crippen LogP contribution is -2.57. The van der Waals surface area contributed by atoms with Gasteiger partial charge in [-0.2, -0.15) is 0 Å². The van der Waals surface area contributed by atoms with Crippen LogP contribution in [0.5, 0.6) is 0 Å². The van der Waals surface area contributed by atoms with E-state index in [0.717, 1.165) is 26.6 Å². The molecule has 0 aromatic heterocycles. The summed E-state index contributed by atoms with van der Waals surface area (Å²) < 4.78 is 0. The summed E-state index contributed by atoms with van der Waals surface area (Å²) >= 11 is 0. The molecule has 1 unspecified atom stereocenters. The molecule has 5 nitrogen and oxygen atoms in total. The van der Waals surface area contributed by atoms with E-state index in [9.17, 15) is 4.79 Å². The van der Waals surface area contributed by atoms with Crippen molar-refractivity contribution in [2.45, 2.75) is 64.0 Å². The molecule has 2 saturated heterocycles. The first-order chi connectivity index (χ1) is 16.2. The Hall–Kier alpha value is -2.37. The number of aryl methyl sites for hydroxylation is 1. The number of carbonyl (C=O) groups excluding carboxylic acids is 1. The van der Waals surface area contributed by atoms with Gasteiger partial charge in [0.1, 0.15) is 0 Å². The number of nitrogens with zero attached hydrogens (tertiary/aromatic N) is 2. The Morgan fingerprint density at radius 3 is 2.18 bits per heavy atom. The van der Waals surface area contributed by atoms with Crippen LogP contribution < -0.4 is 5.32 Å². The highest BCUT2D eigenvalue weighted by atomic mass is 16.2. The quantitative estimate of drug-likeness (QED) is 0.670. The first-order valence-corrected chi connectivity index (χ1v) is 12.6. The van der Waals surface area contributed by atoms with Gasteiger partial charge in [0.05, 0.1) is 0 Å². The highest BCUT2D eigenvalue weighted by Crippen LogP contribution is 2.23. The van der Waals surface area contributed by atoms with Crippen LogP contribution in [-0.2, 0) is 0 Å². The van der Waals surface area contributed by atoms with Crippen molar-refractivity contribution in [3.8, 4) is 11.1 Å². The molecule has 1 aliphatic carbocycles. The van der Waals surface area contributed by atoms with Crippen molar-refractivity contribution in [2.75, 3.05) is 33.3 Å². The molecule has 1 saturated carbocycles. The number of nitrogens with one attached hydrogen (secondary N) is 1. The normalized spacial score (nSPS) is 20.6. The largest absolute Gasteiger partial charge is 0.400 e. The first kappa shape index (κ1) is 25.3. The lowest BCUT2D eigenvalue weighted by atomic mass is 10.00. The topological polar surface area (TPSA) is 55.8 Å². The zero-order valence-corrected chi connectivity index (χ0v) is 20.4. The summed E-state index contributed by atoms with van der Waals surface area (Å²) in [6.07, 6.45) is 8.57. The molecule has 0 bridgehead atoms. The SMILES string of the molecule is CO.Cc1ccccc1-c1ccccc1.O=C(NC1CCCC1)N1CCCCN2CCC2C1. The monoisotopic (exact) mass is 451 g/mol. The van der Waals surface area contributed by atoms with Crippen LogP contribution >= 0.6 is 0 Å². The number of aliphatic hydroxyl groups excluding tert-OH is 1. The van der Waals surface area contributed by atoms with Crippen LogP contribution in [0.4, 0.5) is 4.79 Å². The fourth-order valence-electron chi connectivity index (χ4n) is 4.99. The Balaban J connectivity index is 0.000000181. The van der Waals surface area contributed by atoms with Crippen molar-refractivity contribution < 1.29 is 9.90 Å². The van der Waals surface area contributed by atoms with Gasteiger partial charge >= 0.3 is 6.03 Å².